The quantitative estimate of drug-likeness (QED) is 0.211. The minimum atomic E-state index is -1.36. The predicted octanol–water partition coefficient (Wildman–Crippen LogP) is 4.07. The maximum atomic E-state index is 17.1. The number of ether oxygens (including phenoxy) is 3. The molecule has 0 amide bonds. The van der Waals surface area contributed by atoms with Crippen LogP contribution < -0.4 is 19.7 Å². The molecule has 4 heterocycles. The van der Waals surface area contributed by atoms with Gasteiger partial charge >= 0.3 is 6.01 Å². The average molecular weight is 676 g/mol. The largest absolute Gasteiger partial charge is 0.508 e. The Balaban J connectivity index is 1.45. The fourth-order valence-corrected chi connectivity index (χ4v) is 7.79. The van der Waals surface area contributed by atoms with Gasteiger partial charge in [-0.1, -0.05) is 18.4 Å². The van der Waals surface area contributed by atoms with E-state index in [2.05, 4.69) is 21.2 Å². The van der Waals surface area contributed by atoms with Gasteiger partial charge < -0.3 is 39.7 Å². The summed E-state index contributed by atoms with van der Waals surface area (Å²) in [6, 6.07) is 5.50. The molecular weight excluding hydrogens is 636 g/mol. The third-order valence-electron chi connectivity index (χ3n) is 10.1. The van der Waals surface area contributed by atoms with Crippen molar-refractivity contribution in [3.63, 3.8) is 0 Å². The van der Waals surface area contributed by atoms with E-state index in [1.54, 1.807) is 11.8 Å². The Kier molecular flexibility index (Phi) is 8.69. The Hall–Kier alpha value is -4.35. The summed E-state index contributed by atoms with van der Waals surface area (Å²) in [7, 11) is 1.36. The number of phenolic OH excluding ortho intramolecular Hbond substituents is 1. The van der Waals surface area contributed by atoms with Crippen molar-refractivity contribution in [3.05, 3.63) is 41.5 Å². The number of anilines is 1. The van der Waals surface area contributed by atoms with Gasteiger partial charge in [0.15, 0.2) is 5.82 Å². The number of pyridine rings is 1. The first-order valence-corrected chi connectivity index (χ1v) is 16.5. The molecule has 4 atom stereocenters. The number of nitrogens with one attached hydrogen (secondary N) is 1. The van der Waals surface area contributed by atoms with E-state index in [0.717, 1.165) is 38.6 Å². The summed E-state index contributed by atoms with van der Waals surface area (Å²) in [6.07, 6.45) is 10.1. The molecule has 4 aromatic rings. The van der Waals surface area contributed by atoms with E-state index < -0.39 is 23.3 Å². The number of methoxy groups -OCH3 is 1. The van der Waals surface area contributed by atoms with Crippen LogP contribution in [0.5, 0.6) is 17.6 Å². The highest BCUT2D eigenvalue weighted by Crippen LogP contribution is 2.46. The number of β-amino-alcohol motifs (C(OH)–C–C–N with tert-alkyl or cyclic N) is 1. The van der Waals surface area contributed by atoms with Gasteiger partial charge in [0.05, 0.1) is 45.1 Å². The van der Waals surface area contributed by atoms with Crippen molar-refractivity contribution >= 4 is 27.5 Å². The number of nitrogens with zero attached hydrogens (tertiary/aromatic N) is 4. The first kappa shape index (κ1) is 33.2. The van der Waals surface area contributed by atoms with Gasteiger partial charge in [-0.3, -0.25) is 0 Å². The van der Waals surface area contributed by atoms with Crippen molar-refractivity contribution in [2.24, 2.45) is 5.41 Å². The first-order chi connectivity index (χ1) is 23.6. The minimum absolute atomic E-state index is 0.0134. The number of terminal acetylenes is 1. The molecule has 0 spiro atoms. The Morgan fingerprint density at radius 1 is 1.16 bits per heavy atom. The molecule has 258 valence electrons. The molecule has 1 aliphatic carbocycles. The van der Waals surface area contributed by atoms with E-state index in [-0.39, 0.29) is 88.3 Å². The van der Waals surface area contributed by atoms with Gasteiger partial charge in [-0.15, -0.1) is 6.42 Å². The number of aromatic nitrogens is 3. The van der Waals surface area contributed by atoms with Crippen LogP contribution in [-0.4, -0.2) is 94.6 Å². The molecule has 4 N–H and O–H groups in total. The van der Waals surface area contributed by atoms with Gasteiger partial charge in [0.2, 0.25) is 5.88 Å². The lowest BCUT2D eigenvalue weighted by Gasteiger charge is -2.39. The number of aliphatic hydroxyl groups excluding tert-OH is 1. The van der Waals surface area contributed by atoms with Crippen molar-refractivity contribution < 1.29 is 38.3 Å². The van der Waals surface area contributed by atoms with E-state index >= 15 is 4.39 Å². The number of benzene rings is 2. The van der Waals surface area contributed by atoms with E-state index in [9.17, 15) is 19.7 Å². The van der Waals surface area contributed by atoms with Crippen molar-refractivity contribution in [2.45, 2.75) is 56.8 Å². The summed E-state index contributed by atoms with van der Waals surface area (Å²) in [5.74, 6) is 0.641. The second kappa shape index (κ2) is 12.8. The zero-order valence-electron chi connectivity index (χ0n) is 27.4. The summed E-state index contributed by atoms with van der Waals surface area (Å²) in [6.45, 7) is 2.59. The molecule has 0 unspecified atom stereocenters. The Labute approximate surface area is 282 Å². The summed E-state index contributed by atoms with van der Waals surface area (Å²) >= 11 is 0. The monoisotopic (exact) mass is 675 g/mol. The Morgan fingerprint density at radius 2 is 1.98 bits per heavy atom. The number of rotatable bonds is 7. The van der Waals surface area contributed by atoms with Crippen molar-refractivity contribution in [3.8, 4) is 41.2 Å². The molecule has 0 radical (unpaired) electrons. The zero-order valence-corrected chi connectivity index (χ0v) is 27.4. The standard InChI is InChI=1S/C36H39F2N5O6/c1-4-23-25(37)9-8-20-13-21(45)14-24(27(20)23)30-29(38)31-28(33(40-30)47-3)32(43-15-22(16-44)48-18-35(2,46)17-43)42-34(41-31)49-19-36-10-5-7-26(36)39-12-6-11-36/h1,8-9,13-14,22,26,39,44-46H,5-7,10-12,15-19H2,2-3H3/t22-,26-,35+,36-/m1/s1. The number of piperidine rings is 1. The van der Waals surface area contributed by atoms with Crippen molar-refractivity contribution in [1.29, 1.82) is 0 Å². The Morgan fingerprint density at radius 3 is 2.76 bits per heavy atom. The molecule has 3 aliphatic rings. The van der Waals surface area contributed by atoms with Crippen LogP contribution in [0.1, 0.15) is 44.6 Å². The molecule has 3 fully saturated rings. The maximum absolute atomic E-state index is 17.1. The van der Waals surface area contributed by atoms with Crippen molar-refractivity contribution in [2.75, 3.05) is 51.5 Å². The molecule has 2 aliphatic heterocycles. The smallest absolute Gasteiger partial charge is 0.319 e. The zero-order chi connectivity index (χ0) is 34.5. The number of aromatic hydroxyl groups is 1. The highest BCUT2D eigenvalue weighted by Gasteiger charge is 2.45. The summed E-state index contributed by atoms with van der Waals surface area (Å²) in [5, 5.41) is 36.1. The number of halogens is 2. The van der Waals surface area contributed by atoms with Gasteiger partial charge in [0.25, 0.3) is 0 Å². The normalized spacial score (nSPS) is 25.6. The van der Waals surface area contributed by atoms with Crippen LogP contribution in [0.15, 0.2) is 24.3 Å². The fraction of sp³-hybridized carbons (Fsp3) is 0.472. The molecule has 1 saturated carbocycles. The third kappa shape index (κ3) is 5.97. The lowest BCUT2D eigenvalue weighted by atomic mass is 9.76. The van der Waals surface area contributed by atoms with Crippen LogP contribution >= 0.6 is 0 Å². The molecule has 13 heteroatoms. The summed E-state index contributed by atoms with van der Waals surface area (Å²) in [4.78, 5) is 15.6. The highest BCUT2D eigenvalue weighted by molar-refractivity contribution is 6.04. The first-order valence-electron chi connectivity index (χ1n) is 16.5. The number of phenols is 1. The topological polar surface area (TPSA) is 142 Å². The number of hydrogen-bond acceptors (Lipinski definition) is 11. The molecule has 11 nitrogen and oxygen atoms in total. The van der Waals surface area contributed by atoms with Gasteiger partial charge in [-0.2, -0.15) is 9.97 Å². The Bertz CT molecular complexity index is 1970. The van der Waals surface area contributed by atoms with Crippen molar-refractivity contribution in [1.82, 2.24) is 20.3 Å². The predicted molar refractivity (Wildman–Crippen MR) is 179 cm³/mol. The second-order valence-electron chi connectivity index (χ2n) is 13.6. The lowest BCUT2D eigenvalue weighted by Crippen LogP contribution is -2.49. The van der Waals surface area contributed by atoms with E-state index in [1.165, 1.54) is 31.4 Å². The van der Waals surface area contributed by atoms with Crippen LogP contribution in [0.3, 0.4) is 0 Å². The van der Waals surface area contributed by atoms with E-state index in [0.29, 0.717) is 18.0 Å². The van der Waals surface area contributed by atoms with Gasteiger partial charge in [-0.25, -0.2) is 13.8 Å². The van der Waals surface area contributed by atoms with Crippen LogP contribution in [0, 0.1) is 29.4 Å². The van der Waals surface area contributed by atoms with E-state index in [1.807, 2.05) is 0 Å². The summed E-state index contributed by atoms with van der Waals surface area (Å²) < 4.78 is 50.0. The second-order valence-corrected chi connectivity index (χ2v) is 13.6. The van der Waals surface area contributed by atoms with Crippen LogP contribution in [0.4, 0.5) is 14.6 Å². The molecule has 2 aromatic heterocycles. The molecule has 7 rings (SSSR count). The van der Waals surface area contributed by atoms with Gasteiger partial charge in [-0.05, 0) is 62.7 Å². The number of hydrogen-bond donors (Lipinski definition) is 4. The molecule has 0 bridgehead atoms. The third-order valence-corrected chi connectivity index (χ3v) is 10.1. The van der Waals surface area contributed by atoms with Gasteiger partial charge in [0, 0.05) is 29.0 Å². The summed E-state index contributed by atoms with van der Waals surface area (Å²) in [5.41, 5.74) is -2.04. The van der Waals surface area contributed by atoms with Crippen LogP contribution in [0.25, 0.3) is 32.9 Å². The van der Waals surface area contributed by atoms with Crippen LogP contribution in [-0.2, 0) is 4.74 Å². The molecule has 2 saturated heterocycles. The molecule has 2 aromatic carbocycles. The minimum Gasteiger partial charge on any atom is -0.508 e. The molecule has 49 heavy (non-hydrogen) atoms. The van der Waals surface area contributed by atoms with Gasteiger partial charge in [0.1, 0.15) is 39.6 Å². The average Bonchev–Trinajstić information content (AvgIpc) is 3.45. The number of aliphatic hydroxyl groups is 2. The van der Waals surface area contributed by atoms with E-state index in [4.69, 9.17) is 25.6 Å². The fourth-order valence-electron chi connectivity index (χ4n) is 7.79. The SMILES string of the molecule is C#Cc1c(F)ccc2cc(O)cc(-c3nc(OC)c4c(N5C[C@H](CO)OC[C@@](C)(O)C5)nc(OC[C@@]56CCCN[C@@H]5CCC6)nc4c3F)c12. The number of fused-ring (bicyclic) bond motifs is 3. The highest BCUT2D eigenvalue weighted by atomic mass is 19.1. The maximum Gasteiger partial charge on any atom is 0.319 e. The van der Waals surface area contributed by atoms with Crippen LogP contribution in [0.2, 0.25) is 0 Å². The lowest BCUT2D eigenvalue weighted by molar-refractivity contribution is -0.0528. The molecular formula is C36H39F2N5O6.